The standard InChI is InChI=1S/C13H16IN3/c1-9-5-13(17-8-12(14)7-16-17)4-3-11(9)6-10(2)15/h3-5,7-8,10H,6,15H2,1-2H3. The first kappa shape index (κ1) is 12.6. The highest BCUT2D eigenvalue weighted by Crippen LogP contribution is 2.16. The van der Waals surface area contributed by atoms with Gasteiger partial charge in [0.1, 0.15) is 0 Å². The van der Waals surface area contributed by atoms with Gasteiger partial charge in [0.15, 0.2) is 0 Å². The molecule has 0 radical (unpaired) electrons. The molecular formula is C13H16IN3. The molecule has 0 saturated carbocycles. The fraction of sp³-hybridized carbons (Fsp3) is 0.308. The minimum Gasteiger partial charge on any atom is -0.328 e. The van der Waals surface area contributed by atoms with Crippen LogP contribution in [0.2, 0.25) is 0 Å². The van der Waals surface area contributed by atoms with Gasteiger partial charge in [0.2, 0.25) is 0 Å². The van der Waals surface area contributed by atoms with Gasteiger partial charge in [-0.2, -0.15) is 5.10 Å². The summed E-state index contributed by atoms with van der Waals surface area (Å²) in [5.41, 5.74) is 9.50. The zero-order valence-electron chi connectivity index (χ0n) is 10.0. The molecule has 0 aliphatic carbocycles. The fourth-order valence-corrected chi connectivity index (χ4v) is 2.23. The molecule has 1 aromatic heterocycles. The summed E-state index contributed by atoms with van der Waals surface area (Å²) in [7, 11) is 0. The number of hydrogen-bond donors (Lipinski definition) is 1. The molecule has 17 heavy (non-hydrogen) atoms. The van der Waals surface area contributed by atoms with Gasteiger partial charge in [0.25, 0.3) is 0 Å². The molecule has 4 heteroatoms. The molecular weight excluding hydrogens is 325 g/mol. The fourth-order valence-electron chi connectivity index (χ4n) is 1.84. The lowest BCUT2D eigenvalue weighted by molar-refractivity contribution is 0.734. The van der Waals surface area contributed by atoms with E-state index >= 15 is 0 Å². The summed E-state index contributed by atoms with van der Waals surface area (Å²) in [6, 6.07) is 6.59. The van der Waals surface area contributed by atoms with Crippen LogP contribution in [-0.2, 0) is 6.42 Å². The molecule has 0 aliphatic heterocycles. The van der Waals surface area contributed by atoms with Gasteiger partial charge in [0.05, 0.1) is 15.5 Å². The van der Waals surface area contributed by atoms with Crippen LogP contribution in [0.15, 0.2) is 30.6 Å². The maximum absolute atomic E-state index is 5.83. The minimum atomic E-state index is 0.199. The number of aryl methyl sites for hydroxylation is 1. The van der Waals surface area contributed by atoms with E-state index in [1.54, 1.807) is 0 Å². The third kappa shape index (κ3) is 3.07. The number of aromatic nitrogens is 2. The number of nitrogens with two attached hydrogens (primary N) is 1. The smallest absolute Gasteiger partial charge is 0.0648 e. The molecule has 90 valence electrons. The highest BCUT2D eigenvalue weighted by atomic mass is 127. The Morgan fingerprint density at radius 3 is 2.76 bits per heavy atom. The second kappa shape index (κ2) is 5.18. The quantitative estimate of drug-likeness (QED) is 0.873. The van der Waals surface area contributed by atoms with Crippen LogP contribution in [0, 0.1) is 10.5 Å². The van der Waals surface area contributed by atoms with Crippen molar-refractivity contribution in [2.45, 2.75) is 26.3 Å². The molecule has 2 rings (SSSR count). The van der Waals surface area contributed by atoms with Crippen molar-refractivity contribution in [3.05, 3.63) is 45.3 Å². The minimum absolute atomic E-state index is 0.199. The summed E-state index contributed by atoms with van der Waals surface area (Å²) in [5.74, 6) is 0. The van der Waals surface area contributed by atoms with Gasteiger partial charge in [0, 0.05) is 12.2 Å². The predicted octanol–water partition coefficient (Wildman–Crippen LogP) is 2.68. The number of halogens is 1. The number of rotatable bonds is 3. The molecule has 0 bridgehead atoms. The second-order valence-corrected chi connectivity index (χ2v) is 5.64. The van der Waals surface area contributed by atoms with E-state index in [1.165, 1.54) is 11.1 Å². The lowest BCUT2D eigenvalue weighted by atomic mass is 10.0. The van der Waals surface area contributed by atoms with Crippen molar-refractivity contribution in [3.8, 4) is 5.69 Å². The van der Waals surface area contributed by atoms with Gasteiger partial charge in [-0.3, -0.25) is 0 Å². The van der Waals surface area contributed by atoms with E-state index in [2.05, 4.69) is 52.8 Å². The molecule has 0 saturated heterocycles. The lowest BCUT2D eigenvalue weighted by Crippen LogP contribution is -2.18. The maximum Gasteiger partial charge on any atom is 0.0648 e. The Morgan fingerprint density at radius 1 is 1.47 bits per heavy atom. The van der Waals surface area contributed by atoms with Gasteiger partial charge < -0.3 is 5.73 Å². The molecule has 3 nitrogen and oxygen atoms in total. The number of benzene rings is 1. The van der Waals surface area contributed by atoms with E-state index in [9.17, 15) is 0 Å². The maximum atomic E-state index is 5.83. The molecule has 1 aromatic carbocycles. The topological polar surface area (TPSA) is 43.8 Å². The average Bonchev–Trinajstić information content (AvgIpc) is 2.67. The summed E-state index contributed by atoms with van der Waals surface area (Å²) in [6.45, 7) is 4.15. The van der Waals surface area contributed by atoms with Crippen molar-refractivity contribution in [1.29, 1.82) is 0 Å². The number of hydrogen-bond acceptors (Lipinski definition) is 2. The van der Waals surface area contributed by atoms with Crippen molar-refractivity contribution >= 4 is 22.6 Å². The largest absolute Gasteiger partial charge is 0.328 e. The first-order valence-electron chi connectivity index (χ1n) is 5.62. The Balaban J connectivity index is 2.30. The van der Waals surface area contributed by atoms with Crippen LogP contribution < -0.4 is 5.73 Å². The van der Waals surface area contributed by atoms with E-state index in [0.29, 0.717) is 0 Å². The third-order valence-electron chi connectivity index (χ3n) is 2.68. The van der Waals surface area contributed by atoms with Crippen LogP contribution >= 0.6 is 22.6 Å². The summed E-state index contributed by atoms with van der Waals surface area (Å²) in [4.78, 5) is 0. The van der Waals surface area contributed by atoms with E-state index in [4.69, 9.17) is 5.73 Å². The van der Waals surface area contributed by atoms with Crippen LogP contribution in [0.4, 0.5) is 0 Å². The molecule has 2 aromatic rings. The highest BCUT2D eigenvalue weighted by Gasteiger charge is 2.05. The van der Waals surface area contributed by atoms with Crippen molar-refractivity contribution < 1.29 is 0 Å². The van der Waals surface area contributed by atoms with Crippen LogP contribution in [0.3, 0.4) is 0 Å². The summed E-state index contributed by atoms with van der Waals surface area (Å²) in [5, 5.41) is 4.30. The van der Waals surface area contributed by atoms with Crippen molar-refractivity contribution in [1.82, 2.24) is 9.78 Å². The first-order chi connectivity index (χ1) is 8.06. The summed E-state index contributed by atoms with van der Waals surface area (Å²) < 4.78 is 3.03. The molecule has 0 aliphatic rings. The van der Waals surface area contributed by atoms with Crippen LogP contribution in [0.25, 0.3) is 5.69 Å². The average molecular weight is 341 g/mol. The monoisotopic (exact) mass is 341 g/mol. The Bertz CT molecular complexity index is 517. The molecule has 2 N–H and O–H groups in total. The number of nitrogens with zero attached hydrogens (tertiary/aromatic N) is 2. The molecule has 1 unspecified atom stereocenters. The molecule has 1 heterocycles. The van der Waals surface area contributed by atoms with E-state index < -0.39 is 0 Å². The molecule has 0 fully saturated rings. The van der Waals surface area contributed by atoms with Gasteiger partial charge in [-0.25, -0.2) is 4.68 Å². The van der Waals surface area contributed by atoms with Crippen LogP contribution in [0.5, 0.6) is 0 Å². The Kier molecular flexibility index (Phi) is 3.83. The van der Waals surface area contributed by atoms with Crippen molar-refractivity contribution in [2.75, 3.05) is 0 Å². The normalized spacial score (nSPS) is 12.7. The van der Waals surface area contributed by atoms with Gasteiger partial charge in [-0.1, -0.05) is 6.07 Å². The van der Waals surface area contributed by atoms with Crippen molar-refractivity contribution in [2.24, 2.45) is 5.73 Å². The zero-order valence-corrected chi connectivity index (χ0v) is 12.2. The van der Waals surface area contributed by atoms with Crippen molar-refractivity contribution in [3.63, 3.8) is 0 Å². The van der Waals surface area contributed by atoms with Gasteiger partial charge >= 0.3 is 0 Å². The third-order valence-corrected chi connectivity index (χ3v) is 3.24. The highest BCUT2D eigenvalue weighted by molar-refractivity contribution is 14.1. The summed E-state index contributed by atoms with van der Waals surface area (Å²) >= 11 is 2.26. The Labute approximate surface area is 115 Å². The second-order valence-electron chi connectivity index (χ2n) is 4.40. The van der Waals surface area contributed by atoms with E-state index in [0.717, 1.165) is 15.7 Å². The predicted molar refractivity (Wildman–Crippen MR) is 78.4 cm³/mol. The summed E-state index contributed by atoms with van der Waals surface area (Å²) in [6.07, 6.45) is 4.79. The molecule has 0 amide bonds. The van der Waals surface area contributed by atoms with E-state index in [-0.39, 0.29) is 6.04 Å². The Morgan fingerprint density at radius 2 is 2.24 bits per heavy atom. The van der Waals surface area contributed by atoms with Gasteiger partial charge in [-0.15, -0.1) is 0 Å². The van der Waals surface area contributed by atoms with Crippen LogP contribution in [-0.4, -0.2) is 15.8 Å². The Hall–Kier alpha value is -0.880. The molecule has 0 spiro atoms. The lowest BCUT2D eigenvalue weighted by Gasteiger charge is -2.10. The van der Waals surface area contributed by atoms with Crippen LogP contribution in [0.1, 0.15) is 18.1 Å². The van der Waals surface area contributed by atoms with Gasteiger partial charge in [-0.05, 0) is 66.1 Å². The first-order valence-corrected chi connectivity index (χ1v) is 6.70. The van der Waals surface area contributed by atoms with E-state index in [1.807, 2.05) is 24.0 Å². The molecule has 1 atom stereocenters. The SMILES string of the molecule is Cc1cc(-n2cc(I)cn2)ccc1CC(C)N. The zero-order chi connectivity index (χ0) is 12.4.